The number of halogens is 1. The summed E-state index contributed by atoms with van der Waals surface area (Å²) in [4.78, 5) is 7.58. The molecular formula is C11H10ClN3O2S. The largest absolute Gasteiger partial charge is 0.279 e. The second-order valence-electron chi connectivity index (χ2n) is 3.59. The minimum Gasteiger partial charge on any atom is -0.279 e. The summed E-state index contributed by atoms with van der Waals surface area (Å²) in [6.45, 7) is 1.76. The van der Waals surface area contributed by atoms with E-state index >= 15 is 0 Å². The molecule has 2 heterocycles. The summed E-state index contributed by atoms with van der Waals surface area (Å²) in [6, 6.07) is 4.49. The van der Waals surface area contributed by atoms with Gasteiger partial charge in [0.2, 0.25) is 0 Å². The van der Waals surface area contributed by atoms with Crippen molar-refractivity contribution < 1.29 is 8.42 Å². The lowest BCUT2D eigenvalue weighted by atomic mass is 10.3. The lowest BCUT2D eigenvalue weighted by molar-refractivity contribution is 0.601. The zero-order chi connectivity index (χ0) is 13.2. The van der Waals surface area contributed by atoms with Crippen LogP contribution >= 0.6 is 11.6 Å². The highest BCUT2D eigenvalue weighted by molar-refractivity contribution is 7.92. The van der Waals surface area contributed by atoms with Crippen LogP contribution in [0.25, 0.3) is 0 Å². The van der Waals surface area contributed by atoms with E-state index in [0.717, 1.165) is 5.56 Å². The summed E-state index contributed by atoms with van der Waals surface area (Å²) < 4.78 is 26.7. The highest BCUT2D eigenvalue weighted by Crippen LogP contribution is 2.22. The minimum atomic E-state index is -3.74. The van der Waals surface area contributed by atoms with Crippen LogP contribution in [0.15, 0.2) is 41.7 Å². The molecule has 0 aliphatic carbocycles. The minimum absolute atomic E-state index is 0.0529. The fourth-order valence-electron chi connectivity index (χ4n) is 1.36. The van der Waals surface area contributed by atoms with Gasteiger partial charge in [-0.1, -0.05) is 11.6 Å². The van der Waals surface area contributed by atoms with E-state index in [-0.39, 0.29) is 10.0 Å². The van der Waals surface area contributed by atoms with Crippen molar-refractivity contribution in [2.24, 2.45) is 0 Å². The van der Waals surface area contributed by atoms with Crippen LogP contribution in [-0.4, -0.2) is 18.4 Å². The van der Waals surface area contributed by atoms with E-state index in [4.69, 9.17) is 11.6 Å². The molecule has 0 radical (unpaired) electrons. The summed E-state index contributed by atoms with van der Waals surface area (Å²) >= 11 is 5.77. The van der Waals surface area contributed by atoms with Gasteiger partial charge in [-0.15, -0.1) is 0 Å². The number of hydrogen-bond donors (Lipinski definition) is 1. The van der Waals surface area contributed by atoms with Gasteiger partial charge in [0, 0.05) is 18.6 Å². The van der Waals surface area contributed by atoms with Crippen molar-refractivity contribution >= 4 is 27.3 Å². The topological polar surface area (TPSA) is 72.0 Å². The van der Waals surface area contributed by atoms with Crippen LogP contribution in [0.2, 0.25) is 5.15 Å². The molecular weight excluding hydrogens is 274 g/mol. The van der Waals surface area contributed by atoms with Crippen molar-refractivity contribution in [1.82, 2.24) is 9.97 Å². The van der Waals surface area contributed by atoms with Crippen LogP contribution in [0, 0.1) is 6.92 Å². The predicted octanol–water partition coefficient (Wildman–Crippen LogP) is 2.24. The van der Waals surface area contributed by atoms with Crippen LogP contribution < -0.4 is 4.72 Å². The fourth-order valence-corrected chi connectivity index (χ4v) is 2.94. The van der Waals surface area contributed by atoms with E-state index in [1.807, 2.05) is 0 Å². The predicted molar refractivity (Wildman–Crippen MR) is 69.0 cm³/mol. The quantitative estimate of drug-likeness (QED) is 0.877. The number of aryl methyl sites for hydroxylation is 1. The molecule has 0 unspecified atom stereocenters. The van der Waals surface area contributed by atoms with Crippen LogP contribution in [-0.2, 0) is 10.0 Å². The number of pyridine rings is 2. The Kier molecular flexibility index (Phi) is 3.49. The molecule has 0 saturated carbocycles. The standard InChI is InChI=1S/C11H10ClN3O2S/c1-8-7-13-6-4-9(8)15-18(16,17)10-3-2-5-14-11(10)12/h2-7H,1H3,(H,13,15). The average molecular weight is 284 g/mol. The monoisotopic (exact) mass is 283 g/mol. The summed E-state index contributed by atoms with van der Waals surface area (Å²) in [7, 11) is -3.74. The van der Waals surface area contributed by atoms with Crippen molar-refractivity contribution in [3.63, 3.8) is 0 Å². The summed E-state index contributed by atoms with van der Waals surface area (Å²) in [6.07, 6.45) is 4.51. The Hall–Kier alpha value is -1.66. The number of rotatable bonds is 3. The summed E-state index contributed by atoms with van der Waals surface area (Å²) in [5.41, 5.74) is 1.19. The van der Waals surface area contributed by atoms with E-state index in [9.17, 15) is 8.42 Å². The number of nitrogens with one attached hydrogen (secondary N) is 1. The van der Waals surface area contributed by atoms with Gasteiger partial charge < -0.3 is 0 Å². The first-order valence-corrected chi connectivity index (χ1v) is 6.91. The second kappa shape index (κ2) is 4.91. The van der Waals surface area contributed by atoms with Crippen LogP contribution in [0.1, 0.15) is 5.56 Å². The Morgan fingerprint density at radius 3 is 2.72 bits per heavy atom. The fraction of sp³-hybridized carbons (Fsp3) is 0.0909. The highest BCUT2D eigenvalue weighted by atomic mass is 35.5. The van der Waals surface area contributed by atoms with Crippen molar-refractivity contribution in [3.05, 3.63) is 47.5 Å². The molecule has 0 saturated heterocycles. The normalized spacial score (nSPS) is 11.2. The van der Waals surface area contributed by atoms with Crippen molar-refractivity contribution in [2.45, 2.75) is 11.8 Å². The first-order valence-electron chi connectivity index (χ1n) is 5.04. The highest BCUT2D eigenvalue weighted by Gasteiger charge is 2.18. The van der Waals surface area contributed by atoms with E-state index in [1.54, 1.807) is 19.2 Å². The SMILES string of the molecule is Cc1cnccc1NS(=O)(=O)c1cccnc1Cl. The first kappa shape index (κ1) is 12.8. The maximum atomic E-state index is 12.1. The summed E-state index contributed by atoms with van der Waals surface area (Å²) in [5.74, 6) is 0. The summed E-state index contributed by atoms with van der Waals surface area (Å²) in [5, 5.41) is -0.0586. The zero-order valence-corrected chi connectivity index (χ0v) is 11.0. The van der Waals surface area contributed by atoms with E-state index in [2.05, 4.69) is 14.7 Å². The molecule has 94 valence electrons. The maximum Gasteiger partial charge on any atom is 0.264 e. The smallest absolute Gasteiger partial charge is 0.264 e. The molecule has 0 spiro atoms. The van der Waals surface area contributed by atoms with Crippen LogP contribution in [0.3, 0.4) is 0 Å². The average Bonchev–Trinajstić information content (AvgIpc) is 2.32. The number of hydrogen-bond acceptors (Lipinski definition) is 4. The number of aromatic nitrogens is 2. The van der Waals surface area contributed by atoms with Crippen LogP contribution in [0.4, 0.5) is 5.69 Å². The van der Waals surface area contributed by atoms with Gasteiger partial charge in [-0.25, -0.2) is 13.4 Å². The molecule has 0 amide bonds. The molecule has 7 heteroatoms. The second-order valence-corrected chi connectivity index (χ2v) is 5.60. The molecule has 0 fully saturated rings. The van der Waals surface area contributed by atoms with E-state index in [0.29, 0.717) is 5.69 Å². The van der Waals surface area contributed by atoms with Crippen LogP contribution in [0.5, 0.6) is 0 Å². The van der Waals surface area contributed by atoms with Gasteiger partial charge in [-0.2, -0.15) is 0 Å². The molecule has 0 aromatic carbocycles. The Balaban J connectivity index is 2.40. The maximum absolute atomic E-state index is 12.1. The lowest BCUT2D eigenvalue weighted by Crippen LogP contribution is -2.14. The Morgan fingerprint density at radius 2 is 2.06 bits per heavy atom. The lowest BCUT2D eigenvalue weighted by Gasteiger charge is -2.10. The molecule has 18 heavy (non-hydrogen) atoms. The third kappa shape index (κ3) is 2.60. The number of anilines is 1. The van der Waals surface area contributed by atoms with Gasteiger partial charge in [0.25, 0.3) is 10.0 Å². The van der Waals surface area contributed by atoms with Gasteiger partial charge in [-0.05, 0) is 30.7 Å². The third-order valence-electron chi connectivity index (χ3n) is 2.28. The molecule has 5 nitrogen and oxygen atoms in total. The van der Waals surface area contributed by atoms with E-state index in [1.165, 1.54) is 24.5 Å². The Morgan fingerprint density at radius 1 is 1.28 bits per heavy atom. The molecule has 2 aromatic rings. The third-order valence-corrected chi connectivity index (χ3v) is 4.09. The molecule has 0 atom stereocenters. The number of sulfonamides is 1. The van der Waals surface area contributed by atoms with Gasteiger partial charge in [-0.3, -0.25) is 9.71 Å². The Labute approximate surface area is 110 Å². The molecule has 1 N–H and O–H groups in total. The first-order chi connectivity index (χ1) is 8.50. The van der Waals surface area contributed by atoms with Gasteiger partial charge in [0.05, 0.1) is 5.69 Å². The molecule has 0 bridgehead atoms. The molecule has 0 aliphatic heterocycles. The Bertz CT molecular complexity index is 673. The zero-order valence-electron chi connectivity index (χ0n) is 9.46. The molecule has 0 aliphatic rings. The van der Waals surface area contributed by atoms with Gasteiger partial charge in [0.1, 0.15) is 10.0 Å². The molecule has 2 aromatic heterocycles. The molecule has 2 rings (SSSR count). The van der Waals surface area contributed by atoms with Gasteiger partial charge in [0.15, 0.2) is 0 Å². The van der Waals surface area contributed by atoms with Crippen molar-refractivity contribution in [2.75, 3.05) is 4.72 Å². The van der Waals surface area contributed by atoms with Crippen molar-refractivity contribution in [1.29, 1.82) is 0 Å². The van der Waals surface area contributed by atoms with Crippen molar-refractivity contribution in [3.8, 4) is 0 Å². The van der Waals surface area contributed by atoms with Gasteiger partial charge >= 0.3 is 0 Å². The number of nitrogens with zero attached hydrogens (tertiary/aromatic N) is 2. The van der Waals surface area contributed by atoms with E-state index < -0.39 is 10.0 Å².